The maximum absolute atomic E-state index is 13.1. The first-order chi connectivity index (χ1) is 16.9. The summed E-state index contributed by atoms with van der Waals surface area (Å²) in [5.41, 5.74) is 3.06. The Bertz CT molecular complexity index is 1390. The van der Waals surface area contributed by atoms with Crippen LogP contribution in [0, 0.1) is 6.92 Å². The number of amides is 2. The Hall–Kier alpha value is -2.49. The van der Waals surface area contributed by atoms with Crippen LogP contribution in [0.5, 0.6) is 0 Å². The van der Waals surface area contributed by atoms with Crippen LogP contribution in [0.3, 0.4) is 0 Å². The van der Waals surface area contributed by atoms with E-state index in [0.717, 1.165) is 21.3 Å². The molecule has 0 atom stereocenters. The molecule has 1 aliphatic rings. The molecule has 5 rings (SSSR count). The van der Waals surface area contributed by atoms with Crippen LogP contribution in [0.4, 0.5) is 5.13 Å². The van der Waals surface area contributed by atoms with Gasteiger partial charge in [0.15, 0.2) is 5.13 Å². The number of halogens is 2. The number of aromatic nitrogens is 1. The topological polar surface area (TPSA) is 65.5 Å². The van der Waals surface area contributed by atoms with Crippen molar-refractivity contribution in [2.45, 2.75) is 6.92 Å². The van der Waals surface area contributed by atoms with Crippen LogP contribution >= 0.6 is 45.9 Å². The minimum Gasteiger partial charge on any atom is -0.335 e. The summed E-state index contributed by atoms with van der Waals surface area (Å²) in [6.07, 6.45) is 0. The fourth-order valence-corrected chi connectivity index (χ4v) is 6.47. The molecular formula is C25H22Cl2N4O2S2. The molecule has 2 amide bonds. The fraction of sp³-hybridized carbons (Fsp3) is 0.240. The van der Waals surface area contributed by atoms with Crippen LogP contribution in [0.2, 0.25) is 10.0 Å². The molecule has 35 heavy (non-hydrogen) atoms. The Labute approximate surface area is 221 Å². The molecular weight excluding hydrogens is 523 g/mol. The summed E-state index contributed by atoms with van der Waals surface area (Å²) in [5, 5.41) is 7.35. The van der Waals surface area contributed by atoms with E-state index in [4.69, 9.17) is 23.2 Å². The van der Waals surface area contributed by atoms with Gasteiger partial charge in [0.2, 0.25) is 5.91 Å². The third-order valence-corrected chi connectivity index (χ3v) is 8.55. The first-order valence-electron chi connectivity index (χ1n) is 11.1. The van der Waals surface area contributed by atoms with Crippen molar-refractivity contribution in [2.24, 2.45) is 0 Å². The molecule has 0 radical (unpaired) electrons. The zero-order valence-electron chi connectivity index (χ0n) is 18.9. The van der Waals surface area contributed by atoms with Gasteiger partial charge in [-0.15, -0.1) is 22.7 Å². The second-order valence-electron chi connectivity index (χ2n) is 8.41. The molecule has 0 spiro atoms. The lowest BCUT2D eigenvalue weighted by atomic mass is 10.1. The third kappa shape index (κ3) is 5.37. The van der Waals surface area contributed by atoms with Gasteiger partial charge in [0, 0.05) is 52.2 Å². The van der Waals surface area contributed by atoms with E-state index in [9.17, 15) is 9.59 Å². The maximum atomic E-state index is 13.1. The van der Waals surface area contributed by atoms with Crippen molar-refractivity contribution in [1.29, 1.82) is 0 Å². The highest BCUT2D eigenvalue weighted by Crippen LogP contribution is 2.37. The molecule has 1 N–H and O–H groups in total. The van der Waals surface area contributed by atoms with Gasteiger partial charge < -0.3 is 10.2 Å². The van der Waals surface area contributed by atoms with Crippen LogP contribution < -0.4 is 5.32 Å². The molecule has 1 aliphatic heterocycles. The Morgan fingerprint density at radius 1 is 1.06 bits per heavy atom. The number of carbonyl (C=O) groups excluding carboxylic acids is 2. The Balaban J connectivity index is 1.15. The number of aryl methyl sites for hydroxylation is 1. The zero-order chi connectivity index (χ0) is 24.5. The molecule has 2 aromatic carbocycles. The van der Waals surface area contributed by atoms with Crippen LogP contribution in [-0.2, 0) is 4.79 Å². The standard InChI is InChI=1S/C25H22Cl2N4O2S2/c1-15-2-4-16(5-3-15)19-14-34-25(28-19)29-21(32)13-30-8-10-31(11-9-30)24(33)23-22(27)18-7-6-17(26)12-20(18)35-23/h2-7,12,14H,8-11,13H2,1H3,(H,28,29,32). The molecule has 1 fully saturated rings. The van der Waals surface area contributed by atoms with Gasteiger partial charge in [0.25, 0.3) is 5.91 Å². The van der Waals surface area contributed by atoms with Gasteiger partial charge in [-0.25, -0.2) is 4.98 Å². The molecule has 0 bridgehead atoms. The van der Waals surface area contributed by atoms with E-state index < -0.39 is 0 Å². The lowest BCUT2D eigenvalue weighted by Crippen LogP contribution is -2.50. The molecule has 0 aliphatic carbocycles. The highest BCUT2D eigenvalue weighted by Gasteiger charge is 2.27. The van der Waals surface area contributed by atoms with Gasteiger partial charge in [-0.1, -0.05) is 59.1 Å². The average Bonchev–Trinajstić information content (AvgIpc) is 3.43. The maximum Gasteiger partial charge on any atom is 0.265 e. The molecule has 2 aromatic heterocycles. The molecule has 6 nitrogen and oxygen atoms in total. The quantitative estimate of drug-likeness (QED) is 0.332. The lowest BCUT2D eigenvalue weighted by Gasteiger charge is -2.34. The van der Waals surface area contributed by atoms with Crippen molar-refractivity contribution < 1.29 is 9.59 Å². The van der Waals surface area contributed by atoms with E-state index in [0.29, 0.717) is 46.2 Å². The van der Waals surface area contributed by atoms with Gasteiger partial charge in [0.05, 0.1) is 17.3 Å². The van der Waals surface area contributed by atoms with E-state index in [-0.39, 0.29) is 18.4 Å². The van der Waals surface area contributed by atoms with E-state index >= 15 is 0 Å². The first-order valence-corrected chi connectivity index (χ1v) is 13.5. The number of thiazole rings is 1. The van der Waals surface area contributed by atoms with Crippen LogP contribution in [-0.4, -0.2) is 59.3 Å². The molecule has 180 valence electrons. The lowest BCUT2D eigenvalue weighted by molar-refractivity contribution is -0.117. The summed E-state index contributed by atoms with van der Waals surface area (Å²) in [7, 11) is 0. The monoisotopic (exact) mass is 544 g/mol. The molecule has 10 heteroatoms. The second-order valence-corrected chi connectivity index (χ2v) is 11.1. The van der Waals surface area contributed by atoms with Gasteiger partial charge in [0.1, 0.15) is 4.88 Å². The summed E-state index contributed by atoms with van der Waals surface area (Å²) in [5.74, 6) is -0.193. The Morgan fingerprint density at radius 3 is 2.54 bits per heavy atom. The van der Waals surface area contributed by atoms with Crippen molar-refractivity contribution in [2.75, 3.05) is 38.0 Å². The summed E-state index contributed by atoms with van der Waals surface area (Å²) in [6.45, 7) is 4.59. The number of fused-ring (bicyclic) bond motifs is 1. The highest BCUT2D eigenvalue weighted by molar-refractivity contribution is 7.21. The predicted molar refractivity (Wildman–Crippen MR) is 145 cm³/mol. The number of piperazine rings is 1. The SMILES string of the molecule is Cc1ccc(-c2csc(NC(=O)CN3CCN(C(=O)c4sc5cc(Cl)ccc5c4Cl)CC3)n2)cc1. The fourth-order valence-electron chi connectivity index (χ4n) is 3.98. The predicted octanol–water partition coefficient (Wildman–Crippen LogP) is 6.04. The van der Waals surface area contributed by atoms with Crippen LogP contribution in [0.25, 0.3) is 21.3 Å². The van der Waals surface area contributed by atoms with Crippen molar-refractivity contribution in [3.63, 3.8) is 0 Å². The summed E-state index contributed by atoms with van der Waals surface area (Å²) < 4.78 is 0.897. The van der Waals surface area contributed by atoms with Crippen molar-refractivity contribution in [3.8, 4) is 11.3 Å². The number of nitrogens with one attached hydrogen (secondary N) is 1. The van der Waals surface area contributed by atoms with Gasteiger partial charge in [-0.05, 0) is 19.1 Å². The average molecular weight is 546 g/mol. The normalized spacial score (nSPS) is 14.4. The summed E-state index contributed by atoms with van der Waals surface area (Å²) in [4.78, 5) is 34.6. The number of benzene rings is 2. The molecule has 1 saturated heterocycles. The minimum atomic E-state index is -0.112. The smallest absolute Gasteiger partial charge is 0.265 e. The summed E-state index contributed by atoms with van der Waals surface area (Å²) in [6, 6.07) is 13.6. The number of thiophene rings is 1. The summed E-state index contributed by atoms with van der Waals surface area (Å²) >= 11 is 15.3. The second kappa shape index (κ2) is 10.2. The molecule has 4 aromatic rings. The zero-order valence-corrected chi connectivity index (χ0v) is 22.0. The van der Waals surface area contributed by atoms with E-state index in [1.807, 2.05) is 53.6 Å². The van der Waals surface area contributed by atoms with Gasteiger partial charge in [-0.2, -0.15) is 0 Å². The largest absolute Gasteiger partial charge is 0.335 e. The number of hydrogen-bond acceptors (Lipinski definition) is 6. The van der Waals surface area contributed by atoms with E-state index in [1.54, 1.807) is 11.0 Å². The molecule has 0 saturated carbocycles. The van der Waals surface area contributed by atoms with Crippen molar-refractivity contribution in [1.82, 2.24) is 14.8 Å². The molecule has 0 unspecified atom stereocenters. The van der Waals surface area contributed by atoms with Crippen molar-refractivity contribution in [3.05, 3.63) is 68.3 Å². The van der Waals surface area contributed by atoms with E-state index in [2.05, 4.69) is 10.3 Å². The number of carbonyl (C=O) groups is 2. The minimum absolute atomic E-state index is 0.0807. The first kappa shape index (κ1) is 24.2. The number of rotatable bonds is 5. The number of hydrogen-bond donors (Lipinski definition) is 1. The Morgan fingerprint density at radius 2 is 1.80 bits per heavy atom. The van der Waals surface area contributed by atoms with E-state index in [1.165, 1.54) is 28.2 Å². The van der Waals surface area contributed by atoms with Crippen molar-refractivity contribution >= 4 is 72.9 Å². The number of nitrogens with zero attached hydrogens (tertiary/aromatic N) is 3. The van der Waals surface area contributed by atoms with Gasteiger partial charge >= 0.3 is 0 Å². The van der Waals surface area contributed by atoms with Crippen LogP contribution in [0.15, 0.2) is 47.8 Å². The molecule has 3 heterocycles. The number of anilines is 1. The van der Waals surface area contributed by atoms with Crippen LogP contribution in [0.1, 0.15) is 15.2 Å². The highest BCUT2D eigenvalue weighted by atomic mass is 35.5. The van der Waals surface area contributed by atoms with Gasteiger partial charge in [-0.3, -0.25) is 14.5 Å². The third-order valence-electron chi connectivity index (χ3n) is 5.91. The Kier molecular flexibility index (Phi) is 7.09.